The number of hydrogen-bond donors (Lipinski definition) is 0. The number of para-hydroxylation sites is 1. The monoisotopic (exact) mass is 313 g/mol. The van der Waals surface area contributed by atoms with Crippen molar-refractivity contribution in [1.82, 2.24) is 0 Å². The van der Waals surface area contributed by atoms with Crippen molar-refractivity contribution < 1.29 is 9.53 Å². The van der Waals surface area contributed by atoms with Gasteiger partial charge in [0.1, 0.15) is 5.75 Å². The van der Waals surface area contributed by atoms with Crippen molar-refractivity contribution in [2.75, 3.05) is 24.3 Å². The Hall–Kier alpha value is -1.94. The average molecular weight is 313 g/mol. The minimum absolute atomic E-state index is 0.0354. The van der Waals surface area contributed by atoms with E-state index in [2.05, 4.69) is 6.07 Å². The Morgan fingerprint density at radius 1 is 1.23 bits per heavy atom. The number of carbonyl (C=O) groups is 1. The predicted octanol–water partition coefficient (Wildman–Crippen LogP) is 4.15. The molecule has 0 unspecified atom stereocenters. The molecule has 1 aliphatic heterocycles. The fourth-order valence-electron chi connectivity index (χ4n) is 2.65. The molecule has 0 saturated heterocycles. The number of aryl methyl sites for hydroxylation is 1. The molecule has 2 aromatic rings. The molecular formula is C18H19NO2S. The minimum Gasteiger partial charge on any atom is -0.496 e. The molecule has 0 fully saturated rings. The highest BCUT2D eigenvalue weighted by Crippen LogP contribution is 2.34. The zero-order valence-corrected chi connectivity index (χ0v) is 13.7. The molecule has 0 radical (unpaired) electrons. The van der Waals surface area contributed by atoms with Gasteiger partial charge < -0.3 is 9.64 Å². The standard InChI is InChI=1S/C18H19NO2S/c1-13-8-9-14(12-16(13)21-2)18(20)19-10-5-11-22-17-7-4-3-6-15(17)19/h3-4,6-9,12H,5,10-11H2,1-2H3. The lowest BCUT2D eigenvalue weighted by molar-refractivity contribution is 0.0986. The van der Waals surface area contributed by atoms with Crippen LogP contribution in [0.2, 0.25) is 0 Å². The van der Waals surface area contributed by atoms with Crippen molar-refractivity contribution in [1.29, 1.82) is 0 Å². The van der Waals surface area contributed by atoms with Gasteiger partial charge in [-0.05, 0) is 48.9 Å². The number of rotatable bonds is 2. The smallest absolute Gasteiger partial charge is 0.258 e. The summed E-state index contributed by atoms with van der Waals surface area (Å²) >= 11 is 1.82. The number of methoxy groups -OCH3 is 1. The van der Waals surface area contributed by atoms with Crippen LogP contribution in [0.1, 0.15) is 22.3 Å². The van der Waals surface area contributed by atoms with Crippen LogP contribution < -0.4 is 9.64 Å². The molecule has 1 aliphatic rings. The summed E-state index contributed by atoms with van der Waals surface area (Å²) in [5.41, 5.74) is 2.71. The number of hydrogen-bond acceptors (Lipinski definition) is 3. The molecular weight excluding hydrogens is 294 g/mol. The van der Waals surface area contributed by atoms with E-state index in [0.29, 0.717) is 5.56 Å². The zero-order valence-electron chi connectivity index (χ0n) is 12.8. The predicted molar refractivity (Wildman–Crippen MR) is 91.2 cm³/mol. The van der Waals surface area contributed by atoms with Crippen molar-refractivity contribution in [3.05, 3.63) is 53.6 Å². The van der Waals surface area contributed by atoms with Crippen LogP contribution >= 0.6 is 11.8 Å². The van der Waals surface area contributed by atoms with Crippen LogP contribution in [-0.2, 0) is 0 Å². The third kappa shape index (κ3) is 2.83. The lowest BCUT2D eigenvalue weighted by Crippen LogP contribution is -2.31. The van der Waals surface area contributed by atoms with E-state index in [0.717, 1.165) is 35.7 Å². The molecule has 0 N–H and O–H groups in total. The van der Waals surface area contributed by atoms with Crippen LogP contribution in [0.4, 0.5) is 5.69 Å². The van der Waals surface area contributed by atoms with Gasteiger partial charge in [-0.1, -0.05) is 18.2 Å². The molecule has 1 amide bonds. The normalized spacial score (nSPS) is 14.2. The second-order valence-electron chi connectivity index (χ2n) is 5.31. The van der Waals surface area contributed by atoms with Gasteiger partial charge in [0, 0.05) is 17.0 Å². The van der Waals surface area contributed by atoms with Gasteiger partial charge in [0.05, 0.1) is 12.8 Å². The van der Waals surface area contributed by atoms with Crippen LogP contribution in [0.25, 0.3) is 0 Å². The molecule has 3 nitrogen and oxygen atoms in total. The highest BCUT2D eigenvalue weighted by molar-refractivity contribution is 7.99. The van der Waals surface area contributed by atoms with E-state index >= 15 is 0 Å². The molecule has 0 atom stereocenters. The van der Waals surface area contributed by atoms with Crippen LogP contribution in [0, 0.1) is 6.92 Å². The lowest BCUT2D eigenvalue weighted by Gasteiger charge is -2.23. The Morgan fingerprint density at radius 2 is 2.05 bits per heavy atom. The van der Waals surface area contributed by atoms with E-state index in [-0.39, 0.29) is 5.91 Å². The summed E-state index contributed by atoms with van der Waals surface area (Å²) in [6, 6.07) is 13.8. The largest absolute Gasteiger partial charge is 0.496 e. The van der Waals surface area contributed by atoms with E-state index in [1.165, 1.54) is 4.90 Å². The molecule has 3 rings (SSSR count). The quantitative estimate of drug-likeness (QED) is 0.834. The molecule has 4 heteroatoms. The Kier molecular flexibility index (Phi) is 4.39. The van der Waals surface area contributed by atoms with E-state index in [1.807, 2.05) is 60.0 Å². The maximum Gasteiger partial charge on any atom is 0.258 e. The van der Waals surface area contributed by atoms with Gasteiger partial charge in [0.2, 0.25) is 0 Å². The average Bonchev–Trinajstić information content (AvgIpc) is 2.77. The van der Waals surface area contributed by atoms with Gasteiger partial charge >= 0.3 is 0 Å². The molecule has 0 aliphatic carbocycles. The summed E-state index contributed by atoms with van der Waals surface area (Å²) in [6.07, 6.45) is 0.994. The number of carbonyl (C=O) groups excluding carboxylic acids is 1. The molecule has 0 spiro atoms. The van der Waals surface area contributed by atoms with Gasteiger partial charge in [-0.2, -0.15) is 0 Å². The summed E-state index contributed by atoms with van der Waals surface area (Å²) in [7, 11) is 1.63. The van der Waals surface area contributed by atoms with Gasteiger partial charge in [0.25, 0.3) is 5.91 Å². The molecule has 0 aromatic heterocycles. The van der Waals surface area contributed by atoms with Crippen molar-refractivity contribution >= 4 is 23.4 Å². The van der Waals surface area contributed by atoms with Gasteiger partial charge in [0.15, 0.2) is 0 Å². The van der Waals surface area contributed by atoms with Crippen LogP contribution in [0.15, 0.2) is 47.4 Å². The number of nitrogens with zero attached hydrogens (tertiary/aromatic N) is 1. The van der Waals surface area contributed by atoms with Crippen molar-refractivity contribution in [3.8, 4) is 5.75 Å². The van der Waals surface area contributed by atoms with Crippen LogP contribution in [0.5, 0.6) is 5.75 Å². The van der Waals surface area contributed by atoms with Gasteiger partial charge in [-0.15, -0.1) is 11.8 Å². The first-order valence-electron chi connectivity index (χ1n) is 7.39. The third-order valence-electron chi connectivity index (χ3n) is 3.84. The minimum atomic E-state index is 0.0354. The summed E-state index contributed by atoms with van der Waals surface area (Å²) in [6.45, 7) is 2.73. The van der Waals surface area contributed by atoms with Crippen LogP contribution in [-0.4, -0.2) is 25.3 Å². The molecule has 1 heterocycles. The number of ether oxygens (including phenoxy) is 1. The lowest BCUT2D eigenvalue weighted by atomic mass is 10.1. The molecule has 2 aromatic carbocycles. The maximum absolute atomic E-state index is 13.0. The van der Waals surface area contributed by atoms with Crippen LogP contribution in [0.3, 0.4) is 0 Å². The third-order valence-corrected chi connectivity index (χ3v) is 4.99. The first-order valence-corrected chi connectivity index (χ1v) is 8.37. The highest BCUT2D eigenvalue weighted by Gasteiger charge is 2.22. The molecule has 0 saturated carbocycles. The van der Waals surface area contributed by atoms with Gasteiger partial charge in [-0.3, -0.25) is 4.79 Å². The zero-order chi connectivity index (χ0) is 15.5. The number of anilines is 1. The van der Waals surface area contributed by atoms with E-state index in [1.54, 1.807) is 7.11 Å². The Balaban J connectivity index is 1.98. The highest BCUT2D eigenvalue weighted by atomic mass is 32.2. The van der Waals surface area contributed by atoms with Crippen molar-refractivity contribution in [2.45, 2.75) is 18.2 Å². The van der Waals surface area contributed by atoms with E-state index in [9.17, 15) is 4.79 Å². The van der Waals surface area contributed by atoms with Crippen molar-refractivity contribution in [3.63, 3.8) is 0 Å². The number of amides is 1. The Bertz CT molecular complexity index is 699. The topological polar surface area (TPSA) is 29.5 Å². The summed E-state index contributed by atoms with van der Waals surface area (Å²) in [5, 5.41) is 0. The first kappa shape index (κ1) is 15.0. The number of fused-ring (bicyclic) bond motifs is 1. The summed E-state index contributed by atoms with van der Waals surface area (Å²) in [5.74, 6) is 1.83. The van der Waals surface area contributed by atoms with E-state index < -0.39 is 0 Å². The van der Waals surface area contributed by atoms with Crippen molar-refractivity contribution in [2.24, 2.45) is 0 Å². The Labute approximate surface area is 135 Å². The fourth-order valence-corrected chi connectivity index (χ4v) is 3.64. The Morgan fingerprint density at radius 3 is 2.86 bits per heavy atom. The molecule has 0 bridgehead atoms. The summed E-state index contributed by atoms with van der Waals surface area (Å²) in [4.78, 5) is 16.0. The first-order chi connectivity index (χ1) is 10.7. The molecule has 22 heavy (non-hydrogen) atoms. The van der Waals surface area contributed by atoms with Gasteiger partial charge in [-0.25, -0.2) is 0 Å². The maximum atomic E-state index is 13.0. The number of thioether (sulfide) groups is 1. The van der Waals surface area contributed by atoms with E-state index in [4.69, 9.17) is 4.74 Å². The SMILES string of the molecule is COc1cc(C(=O)N2CCCSc3ccccc32)ccc1C. The summed E-state index contributed by atoms with van der Waals surface area (Å²) < 4.78 is 5.34. The second-order valence-corrected chi connectivity index (χ2v) is 6.45. The fraction of sp³-hybridized carbons (Fsp3) is 0.278. The number of benzene rings is 2. The molecule has 114 valence electrons. The second kappa shape index (κ2) is 6.44.